The van der Waals surface area contributed by atoms with Crippen LogP contribution in [0.3, 0.4) is 0 Å². The summed E-state index contributed by atoms with van der Waals surface area (Å²) in [5.74, 6) is 0.905. The van der Waals surface area contributed by atoms with E-state index in [1.165, 1.54) is 58.0 Å². The highest BCUT2D eigenvalue weighted by Gasteiger charge is 2.29. The van der Waals surface area contributed by atoms with Gasteiger partial charge in [0.2, 0.25) is 0 Å². The highest BCUT2D eigenvalue weighted by molar-refractivity contribution is 4.85. The Labute approximate surface area is 101 Å². The van der Waals surface area contributed by atoms with Gasteiger partial charge in [-0.15, -0.1) is 0 Å². The molecule has 2 fully saturated rings. The molecule has 2 nitrogen and oxygen atoms in total. The van der Waals surface area contributed by atoms with E-state index in [4.69, 9.17) is 0 Å². The fourth-order valence-electron chi connectivity index (χ4n) is 3.52. The van der Waals surface area contributed by atoms with Gasteiger partial charge in [0.05, 0.1) is 0 Å². The summed E-state index contributed by atoms with van der Waals surface area (Å²) < 4.78 is 0. The summed E-state index contributed by atoms with van der Waals surface area (Å²) in [5.41, 5.74) is 0. The first-order valence-electron chi connectivity index (χ1n) is 7.21. The van der Waals surface area contributed by atoms with Crippen LogP contribution in [0.4, 0.5) is 0 Å². The Balaban J connectivity index is 1.90. The molecule has 3 unspecified atom stereocenters. The Bertz CT molecular complexity index is 197. The lowest BCUT2D eigenvalue weighted by molar-refractivity contribution is 0.0934. The van der Waals surface area contributed by atoms with Gasteiger partial charge in [0.1, 0.15) is 0 Å². The highest BCUT2D eigenvalue weighted by Crippen LogP contribution is 2.29. The molecule has 1 N–H and O–H groups in total. The molecule has 0 bridgehead atoms. The van der Waals surface area contributed by atoms with E-state index in [2.05, 4.69) is 24.2 Å². The molecule has 16 heavy (non-hydrogen) atoms. The maximum Gasteiger partial charge on any atom is 0.0220 e. The highest BCUT2D eigenvalue weighted by atomic mass is 15.2. The molecule has 1 heterocycles. The minimum Gasteiger partial charge on any atom is -0.315 e. The Morgan fingerprint density at radius 2 is 1.75 bits per heavy atom. The second-order valence-corrected chi connectivity index (χ2v) is 5.85. The number of nitrogens with zero attached hydrogens (tertiary/aromatic N) is 1. The Kier molecular flexibility index (Phi) is 4.66. The summed E-state index contributed by atoms with van der Waals surface area (Å²) >= 11 is 0. The van der Waals surface area contributed by atoms with Gasteiger partial charge in [0.15, 0.2) is 0 Å². The molecule has 0 aromatic heterocycles. The van der Waals surface area contributed by atoms with E-state index in [0.29, 0.717) is 0 Å². The van der Waals surface area contributed by atoms with Gasteiger partial charge in [-0.1, -0.05) is 26.2 Å². The first-order valence-corrected chi connectivity index (χ1v) is 7.21. The SMILES string of the molecule is CC1CCCCC1N(C)C1CCCCNC1. The monoisotopic (exact) mass is 224 g/mol. The molecule has 2 heteroatoms. The maximum absolute atomic E-state index is 3.59. The Morgan fingerprint density at radius 1 is 1.00 bits per heavy atom. The van der Waals surface area contributed by atoms with E-state index in [-0.39, 0.29) is 0 Å². The lowest BCUT2D eigenvalue weighted by Crippen LogP contribution is -2.48. The van der Waals surface area contributed by atoms with Gasteiger partial charge in [0, 0.05) is 18.6 Å². The minimum atomic E-state index is 0.785. The van der Waals surface area contributed by atoms with Crippen molar-refractivity contribution in [2.24, 2.45) is 5.92 Å². The summed E-state index contributed by atoms with van der Waals surface area (Å²) in [4.78, 5) is 2.70. The second-order valence-electron chi connectivity index (χ2n) is 5.85. The third-order valence-electron chi connectivity index (χ3n) is 4.69. The van der Waals surface area contributed by atoms with Crippen molar-refractivity contribution in [1.29, 1.82) is 0 Å². The van der Waals surface area contributed by atoms with Crippen molar-refractivity contribution in [3.8, 4) is 0 Å². The molecule has 1 saturated carbocycles. The van der Waals surface area contributed by atoms with E-state index in [9.17, 15) is 0 Å². The average Bonchev–Trinajstić information content (AvgIpc) is 2.57. The molecule has 1 aliphatic carbocycles. The van der Waals surface area contributed by atoms with Crippen LogP contribution >= 0.6 is 0 Å². The van der Waals surface area contributed by atoms with Crippen LogP contribution in [0.25, 0.3) is 0 Å². The van der Waals surface area contributed by atoms with Gasteiger partial charge in [-0.3, -0.25) is 4.90 Å². The summed E-state index contributed by atoms with van der Waals surface area (Å²) in [6.07, 6.45) is 9.93. The van der Waals surface area contributed by atoms with Gasteiger partial charge in [-0.2, -0.15) is 0 Å². The summed E-state index contributed by atoms with van der Waals surface area (Å²) in [5, 5.41) is 3.59. The van der Waals surface area contributed by atoms with Gasteiger partial charge < -0.3 is 5.32 Å². The molecule has 3 atom stereocenters. The lowest BCUT2D eigenvalue weighted by Gasteiger charge is -2.40. The maximum atomic E-state index is 3.59. The molecule has 0 spiro atoms. The normalized spacial score (nSPS) is 37.3. The zero-order valence-electron chi connectivity index (χ0n) is 11.0. The van der Waals surface area contributed by atoms with E-state index in [0.717, 1.165) is 18.0 Å². The van der Waals surface area contributed by atoms with Crippen LogP contribution in [0.5, 0.6) is 0 Å². The van der Waals surface area contributed by atoms with E-state index < -0.39 is 0 Å². The standard InChI is InChI=1S/C14H28N2/c1-12-7-3-4-9-14(12)16(2)13-8-5-6-10-15-11-13/h12-15H,3-11H2,1-2H3. The summed E-state index contributed by atoms with van der Waals surface area (Å²) in [6.45, 7) is 4.88. The van der Waals surface area contributed by atoms with Crippen LogP contribution in [0, 0.1) is 5.92 Å². The van der Waals surface area contributed by atoms with Crippen molar-refractivity contribution in [2.75, 3.05) is 20.1 Å². The molecular weight excluding hydrogens is 196 g/mol. The van der Waals surface area contributed by atoms with Crippen LogP contribution < -0.4 is 5.32 Å². The molecule has 2 aliphatic rings. The smallest absolute Gasteiger partial charge is 0.0220 e. The number of hydrogen-bond acceptors (Lipinski definition) is 2. The number of hydrogen-bond donors (Lipinski definition) is 1. The molecular formula is C14H28N2. The molecule has 0 amide bonds. The molecule has 0 aromatic carbocycles. The lowest BCUT2D eigenvalue weighted by atomic mass is 9.84. The summed E-state index contributed by atoms with van der Waals surface area (Å²) in [7, 11) is 2.37. The molecule has 0 radical (unpaired) electrons. The van der Waals surface area contributed by atoms with Crippen LogP contribution in [0.2, 0.25) is 0 Å². The van der Waals surface area contributed by atoms with Crippen molar-refractivity contribution in [1.82, 2.24) is 10.2 Å². The molecule has 0 aromatic rings. The second kappa shape index (κ2) is 6.02. The van der Waals surface area contributed by atoms with Crippen molar-refractivity contribution < 1.29 is 0 Å². The number of likely N-dealkylation sites (N-methyl/N-ethyl adjacent to an activating group) is 1. The first kappa shape index (κ1) is 12.4. The number of nitrogens with one attached hydrogen (secondary N) is 1. The zero-order valence-corrected chi connectivity index (χ0v) is 11.0. The predicted octanol–water partition coefficient (Wildman–Crippen LogP) is 2.64. The van der Waals surface area contributed by atoms with Crippen molar-refractivity contribution in [3.63, 3.8) is 0 Å². The van der Waals surface area contributed by atoms with Gasteiger partial charge in [0.25, 0.3) is 0 Å². The average molecular weight is 224 g/mol. The van der Waals surface area contributed by atoms with E-state index in [1.807, 2.05) is 0 Å². The fraction of sp³-hybridized carbons (Fsp3) is 1.00. The molecule has 94 valence electrons. The molecule has 1 saturated heterocycles. The largest absolute Gasteiger partial charge is 0.315 e. The Hall–Kier alpha value is -0.0800. The van der Waals surface area contributed by atoms with Crippen molar-refractivity contribution in [3.05, 3.63) is 0 Å². The van der Waals surface area contributed by atoms with Gasteiger partial charge in [-0.05, 0) is 45.2 Å². The first-order chi connectivity index (χ1) is 7.79. The van der Waals surface area contributed by atoms with Crippen LogP contribution in [0.15, 0.2) is 0 Å². The van der Waals surface area contributed by atoms with E-state index >= 15 is 0 Å². The fourth-order valence-corrected chi connectivity index (χ4v) is 3.52. The van der Waals surface area contributed by atoms with Crippen LogP contribution in [-0.4, -0.2) is 37.1 Å². The van der Waals surface area contributed by atoms with E-state index in [1.54, 1.807) is 0 Å². The number of rotatable bonds is 2. The third-order valence-corrected chi connectivity index (χ3v) is 4.69. The third kappa shape index (κ3) is 2.98. The Morgan fingerprint density at radius 3 is 2.56 bits per heavy atom. The minimum absolute atomic E-state index is 0.785. The van der Waals surface area contributed by atoms with Crippen molar-refractivity contribution >= 4 is 0 Å². The molecule has 2 rings (SSSR count). The van der Waals surface area contributed by atoms with Crippen molar-refractivity contribution in [2.45, 2.75) is 64.0 Å². The van der Waals surface area contributed by atoms with Crippen LogP contribution in [0.1, 0.15) is 51.9 Å². The predicted molar refractivity (Wildman–Crippen MR) is 69.7 cm³/mol. The zero-order chi connectivity index (χ0) is 11.4. The van der Waals surface area contributed by atoms with Gasteiger partial charge >= 0.3 is 0 Å². The summed E-state index contributed by atoms with van der Waals surface area (Å²) in [6, 6.07) is 1.63. The van der Waals surface area contributed by atoms with Crippen LogP contribution in [-0.2, 0) is 0 Å². The van der Waals surface area contributed by atoms with Gasteiger partial charge in [-0.25, -0.2) is 0 Å². The topological polar surface area (TPSA) is 15.3 Å². The quantitative estimate of drug-likeness (QED) is 0.776. The molecule has 1 aliphatic heterocycles.